The number of carbonyl (C=O) groups is 2. The molecule has 0 amide bonds. The first kappa shape index (κ1) is 40.3. The SMILES string of the molecule is CCCCCCCCCCCCC(=O)OC[C@@H](O)COC(=O)CCC/C=C/C[C@@H]1[C@@H](/C=C/[C@@H](O)CCCCC)[C@H](O)C[C@@H]1O. The number of ether oxygens (including phenoxy) is 2. The van der Waals surface area contributed by atoms with E-state index in [4.69, 9.17) is 9.47 Å². The first-order valence-electron chi connectivity index (χ1n) is 17.6. The molecule has 0 radical (unpaired) electrons. The van der Waals surface area contributed by atoms with Gasteiger partial charge >= 0.3 is 11.9 Å². The Morgan fingerprint density at radius 2 is 1.27 bits per heavy atom. The van der Waals surface area contributed by atoms with Crippen LogP contribution in [0.3, 0.4) is 0 Å². The van der Waals surface area contributed by atoms with Crippen LogP contribution >= 0.6 is 0 Å². The molecule has 8 heteroatoms. The van der Waals surface area contributed by atoms with Crippen molar-refractivity contribution in [1.29, 1.82) is 0 Å². The summed E-state index contributed by atoms with van der Waals surface area (Å²) < 4.78 is 10.2. The maximum atomic E-state index is 12.0. The molecule has 0 bridgehead atoms. The lowest BCUT2D eigenvalue weighted by Crippen LogP contribution is -2.25. The minimum atomic E-state index is -1.04. The van der Waals surface area contributed by atoms with Crippen LogP contribution in [0.15, 0.2) is 24.3 Å². The Labute approximate surface area is 267 Å². The summed E-state index contributed by atoms with van der Waals surface area (Å²) in [4.78, 5) is 23.9. The van der Waals surface area contributed by atoms with Gasteiger partial charge in [0.1, 0.15) is 19.3 Å². The average Bonchev–Trinajstić information content (AvgIpc) is 3.27. The zero-order chi connectivity index (χ0) is 32.4. The topological polar surface area (TPSA) is 134 Å². The van der Waals surface area contributed by atoms with Crippen molar-refractivity contribution in [3.05, 3.63) is 24.3 Å². The fraction of sp³-hybridized carbons (Fsp3) is 0.833. The normalized spacial score (nSPS) is 21.7. The van der Waals surface area contributed by atoms with Crippen molar-refractivity contribution in [2.24, 2.45) is 11.8 Å². The molecule has 8 nitrogen and oxygen atoms in total. The molecule has 256 valence electrons. The summed E-state index contributed by atoms with van der Waals surface area (Å²) in [6.07, 6.45) is 23.3. The summed E-state index contributed by atoms with van der Waals surface area (Å²) in [5, 5.41) is 41.0. The molecular formula is C36H64O8. The van der Waals surface area contributed by atoms with Gasteiger partial charge < -0.3 is 29.9 Å². The number of carbonyl (C=O) groups excluding carboxylic acids is 2. The molecule has 0 aromatic heterocycles. The number of unbranched alkanes of at least 4 members (excludes halogenated alkanes) is 12. The number of hydrogen-bond donors (Lipinski definition) is 4. The van der Waals surface area contributed by atoms with Gasteiger partial charge in [0.15, 0.2) is 0 Å². The summed E-state index contributed by atoms with van der Waals surface area (Å²) in [7, 11) is 0. The Morgan fingerprint density at radius 1 is 0.727 bits per heavy atom. The minimum absolute atomic E-state index is 0.115. The van der Waals surface area contributed by atoms with Gasteiger partial charge in [0, 0.05) is 25.2 Å². The van der Waals surface area contributed by atoms with E-state index in [0.717, 1.165) is 38.5 Å². The Bertz CT molecular complexity index is 782. The average molecular weight is 625 g/mol. The predicted molar refractivity (Wildman–Crippen MR) is 175 cm³/mol. The number of aliphatic hydroxyl groups excluding tert-OH is 4. The molecule has 1 fully saturated rings. The first-order valence-corrected chi connectivity index (χ1v) is 17.6. The summed E-state index contributed by atoms with van der Waals surface area (Å²) in [6.45, 7) is 3.96. The highest BCUT2D eigenvalue weighted by molar-refractivity contribution is 5.69. The Hall–Kier alpha value is -1.74. The van der Waals surface area contributed by atoms with Gasteiger partial charge in [0.05, 0.1) is 18.3 Å². The van der Waals surface area contributed by atoms with Gasteiger partial charge in [0.2, 0.25) is 0 Å². The van der Waals surface area contributed by atoms with Crippen LogP contribution in [0.1, 0.15) is 142 Å². The lowest BCUT2D eigenvalue weighted by Gasteiger charge is -2.19. The van der Waals surface area contributed by atoms with E-state index in [1.165, 1.54) is 44.9 Å². The van der Waals surface area contributed by atoms with E-state index >= 15 is 0 Å². The van der Waals surface area contributed by atoms with Crippen molar-refractivity contribution >= 4 is 11.9 Å². The zero-order valence-corrected chi connectivity index (χ0v) is 27.8. The van der Waals surface area contributed by atoms with Crippen molar-refractivity contribution in [3.8, 4) is 0 Å². The van der Waals surface area contributed by atoms with Gasteiger partial charge in [-0.15, -0.1) is 0 Å². The van der Waals surface area contributed by atoms with Crippen LogP contribution < -0.4 is 0 Å². The van der Waals surface area contributed by atoms with Gasteiger partial charge in [-0.3, -0.25) is 9.59 Å². The van der Waals surface area contributed by atoms with Gasteiger partial charge in [0.25, 0.3) is 0 Å². The summed E-state index contributed by atoms with van der Waals surface area (Å²) in [5.41, 5.74) is 0. The second kappa shape index (κ2) is 26.5. The first-order chi connectivity index (χ1) is 21.3. The van der Waals surface area contributed by atoms with Crippen molar-refractivity contribution in [2.75, 3.05) is 13.2 Å². The smallest absolute Gasteiger partial charge is 0.305 e. The predicted octanol–water partition coefficient (Wildman–Crippen LogP) is 6.72. The largest absolute Gasteiger partial charge is 0.463 e. The summed E-state index contributed by atoms with van der Waals surface area (Å²) >= 11 is 0. The van der Waals surface area contributed by atoms with E-state index in [1.54, 1.807) is 6.08 Å². The number of allylic oxidation sites excluding steroid dienone is 2. The Morgan fingerprint density at radius 3 is 1.89 bits per heavy atom. The minimum Gasteiger partial charge on any atom is -0.463 e. The fourth-order valence-electron chi connectivity index (χ4n) is 5.73. The molecule has 1 saturated carbocycles. The monoisotopic (exact) mass is 624 g/mol. The van der Waals surface area contributed by atoms with Gasteiger partial charge in [-0.2, -0.15) is 0 Å². The van der Waals surface area contributed by atoms with E-state index in [0.29, 0.717) is 38.5 Å². The third-order valence-electron chi connectivity index (χ3n) is 8.51. The van der Waals surface area contributed by atoms with E-state index < -0.39 is 30.4 Å². The third-order valence-corrected chi connectivity index (χ3v) is 8.51. The van der Waals surface area contributed by atoms with Crippen LogP contribution in [0.5, 0.6) is 0 Å². The van der Waals surface area contributed by atoms with Crippen LogP contribution in [-0.4, -0.2) is 70.0 Å². The Kier molecular flexibility index (Phi) is 24.2. The number of aliphatic hydroxyl groups is 4. The van der Waals surface area contributed by atoms with Crippen molar-refractivity contribution in [1.82, 2.24) is 0 Å². The molecule has 6 atom stereocenters. The van der Waals surface area contributed by atoms with Crippen LogP contribution in [0.25, 0.3) is 0 Å². The second-order valence-corrected chi connectivity index (χ2v) is 12.6. The number of rotatable bonds is 27. The number of hydrogen-bond acceptors (Lipinski definition) is 8. The van der Waals surface area contributed by atoms with Gasteiger partial charge in [-0.1, -0.05) is 115 Å². The lowest BCUT2D eigenvalue weighted by molar-refractivity contribution is -0.152. The molecule has 0 unspecified atom stereocenters. The molecule has 0 spiro atoms. The van der Waals surface area contributed by atoms with Gasteiger partial charge in [-0.25, -0.2) is 0 Å². The Balaban J connectivity index is 2.12. The van der Waals surface area contributed by atoms with Crippen LogP contribution in [-0.2, 0) is 19.1 Å². The highest BCUT2D eigenvalue weighted by Gasteiger charge is 2.39. The molecule has 0 aromatic carbocycles. The molecular weight excluding hydrogens is 560 g/mol. The molecule has 4 N–H and O–H groups in total. The third kappa shape index (κ3) is 20.3. The fourth-order valence-corrected chi connectivity index (χ4v) is 5.73. The van der Waals surface area contributed by atoms with Crippen molar-refractivity contribution in [2.45, 2.75) is 167 Å². The molecule has 1 aliphatic rings. The highest BCUT2D eigenvalue weighted by atomic mass is 16.6. The highest BCUT2D eigenvalue weighted by Crippen LogP contribution is 2.36. The number of esters is 2. The standard InChI is InChI=1S/C36H64O8/c1-3-5-7-8-9-10-11-12-13-18-22-35(41)43-27-30(38)28-44-36(42)23-19-15-14-17-21-31-32(34(40)26-33(31)39)25-24-29(37)20-16-6-4-2/h14,17,24-25,29-34,37-40H,3-13,15-16,18-23,26-28H2,1-2H3/b17-14+,25-24+/t29-,30+,31+,32+,33-,34+/m0/s1. The molecule has 1 rings (SSSR count). The quantitative estimate of drug-likeness (QED) is 0.0450. The molecule has 1 aliphatic carbocycles. The maximum Gasteiger partial charge on any atom is 0.305 e. The molecule has 0 saturated heterocycles. The van der Waals surface area contributed by atoms with Crippen molar-refractivity contribution in [3.63, 3.8) is 0 Å². The summed E-state index contributed by atoms with van der Waals surface area (Å²) in [6, 6.07) is 0. The van der Waals surface area contributed by atoms with E-state index in [9.17, 15) is 30.0 Å². The van der Waals surface area contributed by atoms with E-state index in [-0.39, 0.29) is 37.4 Å². The van der Waals surface area contributed by atoms with Crippen LogP contribution in [0.2, 0.25) is 0 Å². The van der Waals surface area contributed by atoms with Gasteiger partial charge in [-0.05, 0) is 38.0 Å². The molecule has 0 heterocycles. The second-order valence-electron chi connectivity index (χ2n) is 12.6. The summed E-state index contributed by atoms with van der Waals surface area (Å²) in [5.74, 6) is -1.05. The lowest BCUT2D eigenvalue weighted by atomic mass is 9.89. The molecule has 0 aromatic rings. The van der Waals surface area contributed by atoms with Crippen LogP contribution in [0.4, 0.5) is 0 Å². The van der Waals surface area contributed by atoms with Crippen LogP contribution in [0, 0.1) is 11.8 Å². The maximum absolute atomic E-state index is 12.0. The van der Waals surface area contributed by atoms with E-state index in [2.05, 4.69) is 13.8 Å². The van der Waals surface area contributed by atoms with Crippen molar-refractivity contribution < 1.29 is 39.5 Å². The molecule has 44 heavy (non-hydrogen) atoms. The zero-order valence-electron chi connectivity index (χ0n) is 27.8. The van der Waals surface area contributed by atoms with E-state index in [1.807, 2.05) is 18.2 Å². The molecule has 0 aliphatic heterocycles.